The molecule has 14 heavy (non-hydrogen) atoms. The molecule has 0 amide bonds. The normalized spacial score (nSPS) is 9.14. The summed E-state index contributed by atoms with van der Waals surface area (Å²) in [4.78, 5) is 11.4. The fourth-order valence-electron chi connectivity index (χ4n) is 1.06. The van der Waals surface area contributed by atoms with E-state index in [0.29, 0.717) is 11.3 Å². The highest BCUT2D eigenvalue weighted by Crippen LogP contribution is 2.16. The summed E-state index contributed by atoms with van der Waals surface area (Å²) >= 11 is 0. The summed E-state index contributed by atoms with van der Waals surface area (Å²) < 4.78 is 4.78. The summed E-state index contributed by atoms with van der Waals surface area (Å²) in [5, 5.41) is 0. The van der Waals surface area contributed by atoms with Crippen molar-refractivity contribution in [2.75, 3.05) is 12.3 Å². The lowest BCUT2D eigenvalue weighted by Gasteiger charge is -2.06. The second kappa shape index (κ2) is 4.33. The molecule has 3 heteroatoms. The molecule has 0 aliphatic carbocycles. The highest BCUT2D eigenvalue weighted by atomic mass is 16.5. The molecule has 0 aliphatic rings. The molecule has 0 unspecified atom stereocenters. The number of anilines is 1. The number of hydrogen-bond acceptors (Lipinski definition) is 3. The average Bonchev–Trinajstić information content (AvgIpc) is 2.18. The highest BCUT2D eigenvalue weighted by Gasteiger charge is 2.10. The van der Waals surface area contributed by atoms with E-state index >= 15 is 0 Å². The lowest BCUT2D eigenvalue weighted by Crippen LogP contribution is -2.08. The fourth-order valence-corrected chi connectivity index (χ4v) is 1.06. The number of nitrogen functional groups attached to an aromatic ring is 1. The van der Waals surface area contributed by atoms with E-state index in [1.165, 1.54) is 0 Å². The van der Waals surface area contributed by atoms with Gasteiger partial charge in [0.2, 0.25) is 0 Å². The summed E-state index contributed by atoms with van der Waals surface area (Å²) in [5.74, 6) is 1.79. The molecule has 72 valence electrons. The van der Waals surface area contributed by atoms with E-state index in [0.717, 1.165) is 5.56 Å². The van der Waals surface area contributed by atoms with Gasteiger partial charge in [-0.05, 0) is 24.6 Å². The summed E-state index contributed by atoms with van der Waals surface area (Å²) in [6, 6.07) is 5.09. The third kappa shape index (κ3) is 2.05. The Morgan fingerprint density at radius 3 is 3.00 bits per heavy atom. The largest absolute Gasteiger partial charge is 0.449 e. The zero-order valence-corrected chi connectivity index (χ0v) is 7.91. The molecule has 0 heterocycles. The molecule has 0 aliphatic heterocycles. The molecular weight excluding hydrogens is 178 g/mol. The molecule has 1 rings (SSSR count). The molecule has 0 aromatic heterocycles. The van der Waals surface area contributed by atoms with Crippen molar-refractivity contribution < 1.29 is 9.53 Å². The maximum atomic E-state index is 11.4. The van der Waals surface area contributed by atoms with Crippen LogP contribution in [0.2, 0.25) is 0 Å². The second-order valence-corrected chi connectivity index (χ2v) is 2.80. The van der Waals surface area contributed by atoms with Crippen molar-refractivity contribution in [1.82, 2.24) is 0 Å². The molecule has 0 saturated heterocycles. The number of ether oxygens (including phenoxy) is 1. The first-order valence-corrected chi connectivity index (χ1v) is 4.12. The average molecular weight is 189 g/mol. The standard InChI is InChI=1S/C11H11NO2/c1-3-7-14-11(13)9-5-4-6-10(12)8(9)2/h1,4-6H,7,12H2,2H3. The number of carbonyl (C=O) groups excluding carboxylic acids is 1. The van der Waals surface area contributed by atoms with E-state index in [1.54, 1.807) is 25.1 Å². The van der Waals surface area contributed by atoms with Crippen molar-refractivity contribution in [3.05, 3.63) is 29.3 Å². The van der Waals surface area contributed by atoms with Crippen LogP contribution in [0.5, 0.6) is 0 Å². The molecule has 0 atom stereocenters. The molecule has 0 spiro atoms. The van der Waals surface area contributed by atoms with Crippen LogP contribution >= 0.6 is 0 Å². The van der Waals surface area contributed by atoms with E-state index in [9.17, 15) is 4.79 Å². The summed E-state index contributed by atoms with van der Waals surface area (Å²) in [7, 11) is 0. The van der Waals surface area contributed by atoms with Crippen molar-refractivity contribution >= 4 is 11.7 Å². The maximum Gasteiger partial charge on any atom is 0.339 e. The van der Waals surface area contributed by atoms with E-state index in [1.807, 2.05) is 0 Å². The van der Waals surface area contributed by atoms with Gasteiger partial charge in [0.25, 0.3) is 0 Å². The summed E-state index contributed by atoms with van der Waals surface area (Å²) in [5.41, 5.74) is 7.38. The van der Waals surface area contributed by atoms with Crippen LogP contribution in [0.25, 0.3) is 0 Å². The van der Waals surface area contributed by atoms with Gasteiger partial charge in [-0.15, -0.1) is 6.42 Å². The van der Waals surface area contributed by atoms with Crippen molar-refractivity contribution in [3.8, 4) is 12.3 Å². The van der Waals surface area contributed by atoms with Crippen LogP contribution in [0.4, 0.5) is 5.69 Å². The third-order valence-corrected chi connectivity index (χ3v) is 1.88. The SMILES string of the molecule is C#CCOC(=O)c1cccc(N)c1C. The van der Waals surface area contributed by atoms with Crippen molar-refractivity contribution in [2.45, 2.75) is 6.92 Å². The molecule has 0 saturated carbocycles. The predicted molar refractivity (Wildman–Crippen MR) is 54.7 cm³/mol. The molecule has 0 radical (unpaired) electrons. The van der Waals surface area contributed by atoms with Gasteiger partial charge in [-0.3, -0.25) is 0 Å². The van der Waals surface area contributed by atoms with Gasteiger partial charge in [0.05, 0.1) is 5.56 Å². The lowest BCUT2D eigenvalue weighted by atomic mass is 10.1. The van der Waals surface area contributed by atoms with Crippen molar-refractivity contribution in [1.29, 1.82) is 0 Å². The minimum absolute atomic E-state index is 0.0208. The first-order chi connectivity index (χ1) is 6.66. The van der Waals surface area contributed by atoms with Crippen LogP contribution in [-0.4, -0.2) is 12.6 Å². The molecule has 0 fully saturated rings. The summed E-state index contributed by atoms with van der Waals surface area (Å²) in [6.45, 7) is 1.74. The van der Waals surface area contributed by atoms with Gasteiger partial charge in [0.1, 0.15) is 0 Å². The van der Waals surface area contributed by atoms with Crippen LogP contribution in [0.3, 0.4) is 0 Å². The quantitative estimate of drug-likeness (QED) is 0.434. The number of benzene rings is 1. The molecular formula is C11H11NO2. The minimum Gasteiger partial charge on any atom is -0.449 e. The van der Waals surface area contributed by atoms with Crippen molar-refractivity contribution in [2.24, 2.45) is 0 Å². The predicted octanol–water partition coefficient (Wildman–Crippen LogP) is 1.37. The smallest absolute Gasteiger partial charge is 0.339 e. The number of hydrogen-bond donors (Lipinski definition) is 1. The molecule has 1 aromatic rings. The van der Waals surface area contributed by atoms with Crippen LogP contribution in [0, 0.1) is 19.3 Å². The Morgan fingerprint density at radius 2 is 2.36 bits per heavy atom. The number of terminal acetylenes is 1. The zero-order chi connectivity index (χ0) is 10.6. The first kappa shape index (κ1) is 10.1. The van der Waals surface area contributed by atoms with Crippen LogP contribution in [-0.2, 0) is 4.74 Å². The van der Waals surface area contributed by atoms with Gasteiger partial charge < -0.3 is 10.5 Å². The van der Waals surface area contributed by atoms with Crippen LogP contribution in [0.15, 0.2) is 18.2 Å². The van der Waals surface area contributed by atoms with Gasteiger partial charge in [-0.1, -0.05) is 12.0 Å². The summed E-state index contributed by atoms with van der Waals surface area (Å²) in [6.07, 6.45) is 4.97. The number of esters is 1. The number of nitrogens with two attached hydrogens (primary N) is 1. The molecule has 1 aromatic carbocycles. The molecule has 2 N–H and O–H groups in total. The first-order valence-electron chi connectivity index (χ1n) is 4.12. The van der Waals surface area contributed by atoms with E-state index in [4.69, 9.17) is 16.9 Å². The van der Waals surface area contributed by atoms with E-state index < -0.39 is 5.97 Å². The Labute approximate surface area is 82.9 Å². The van der Waals surface area contributed by atoms with Crippen LogP contribution in [0.1, 0.15) is 15.9 Å². The van der Waals surface area contributed by atoms with Crippen molar-refractivity contribution in [3.63, 3.8) is 0 Å². The van der Waals surface area contributed by atoms with Gasteiger partial charge in [-0.2, -0.15) is 0 Å². The minimum atomic E-state index is -0.437. The lowest BCUT2D eigenvalue weighted by molar-refractivity contribution is 0.0556. The molecule has 3 nitrogen and oxygen atoms in total. The second-order valence-electron chi connectivity index (χ2n) is 2.80. The van der Waals surface area contributed by atoms with Crippen LogP contribution < -0.4 is 5.73 Å². The number of rotatable bonds is 2. The zero-order valence-electron chi connectivity index (χ0n) is 7.91. The molecule has 0 bridgehead atoms. The maximum absolute atomic E-state index is 11.4. The number of carbonyl (C=O) groups is 1. The van der Waals surface area contributed by atoms with Gasteiger partial charge in [0, 0.05) is 5.69 Å². The van der Waals surface area contributed by atoms with E-state index in [2.05, 4.69) is 5.92 Å². The Bertz CT molecular complexity index is 391. The Kier molecular flexibility index (Phi) is 3.14. The van der Waals surface area contributed by atoms with Gasteiger partial charge in [0.15, 0.2) is 6.61 Å². The Balaban J connectivity index is 2.91. The van der Waals surface area contributed by atoms with E-state index in [-0.39, 0.29) is 6.61 Å². The monoisotopic (exact) mass is 189 g/mol. The Morgan fingerprint density at radius 1 is 1.64 bits per heavy atom. The van der Waals surface area contributed by atoms with Gasteiger partial charge >= 0.3 is 5.97 Å². The fraction of sp³-hybridized carbons (Fsp3) is 0.182. The highest BCUT2D eigenvalue weighted by molar-refractivity contribution is 5.92. The van der Waals surface area contributed by atoms with Gasteiger partial charge in [-0.25, -0.2) is 4.79 Å². The topological polar surface area (TPSA) is 52.3 Å². The Hall–Kier alpha value is -1.95. The third-order valence-electron chi connectivity index (χ3n) is 1.88.